The fourth-order valence-electron chi connectivity index (χ4n) is 3.83. The second kappa shape index (κ2) is 5.77. The lowest BCUT2D eigenvalue weighted by atomic mass is 9.98. The molecule has 5 nitrogen and oxygen atoms in total. The highest BCUT2D eigenvalue weighted by atomic mass is 16.5. The summed E-state index contributed by atoms with van der Waals surface area (Å²) in [7, 11) is 0. The molecule has 3 N–H and O–H groups in total. The SMILES string of the molecule is NC1CC2CCC(C1)N2CC(=O)NCC1CCCO1. The van der Waals surface area contributed by atoms with Gasteiger partial charge in [0, 0.05) is 31.3 Å². The Morgan fingerprint density at radius 2 is 2.00 bits per heavy atom. The average molecular weight is 267 g/mol. The summed E-state index contributed by atoms with van der Waals surface area (Å²) in [5.41, 5.74) is 6.05. The van der Waals surface area contributed by atoms with Crippen molar-refractivity contribution in [1.29, 1.82) is 0 Å². The van der Waals surface area contributed by atoms with Gasteiger partial charge in [-0.3, -0.25) is 9.69 Å². The summed E-state index contributed by atoms with van der Waals surface area (Å²) >= 11 is 0. The van der Waals surface area contributed by atoms with Gasteiger partial charge in [-0.2, -0.15) is 0 Å². The van der Waals surface area contributed by atoms with Crippen molar-refractivity contribution in [2.24, 2.45) is 5.73 Å². The van der Waals surface area contributed by atoms with Crippen molar-refractivity contribution >= 4 is 5.91 Å². The summed E-state index contributed by atoms with van der Waals surface area (Å²) < 4.78 is 5.52. The normalized spacial score (nSPS) is 38.6. The van der Waals surface area contributed by atoms with Crippen molar-refractivity contribution in [2.75, 3.05) is 19.7 Å². The van der Waals surface area contributed by atoms with Crippen LogP contribution < -0.4 is 11.1 Å². The molecule has 3 aliphatic rings. The number of hydrogen-bond acceptors (Lipinski definition) is 4. The van der Waals surface area contributed by atoms with Gasteiger partial charge in [-0.15, -0.1) is 0 Å². The maximum atomic E-state index is 12.0. The Labute approximate surface area is 114 Å². The maximum Gasteiger partial charge on any atom is 0.234 e. The monoisotopic (exact) mass is 267 g/mol. The predicted molar refractivity (Wildman–Crippen MR) is 72.7 cm³/mol. The van der Waals surface area contributed by atoms with Crippen molar-refractivity contribution in [3.63, 3.8) is 0 Å². The van der Waals surface area contributed by atoms with Gasteiger partial charge in [0.05, 0.1) is 12.6 Å². The number of nitrogens with zero attached hydrogens (tertiary/aromatic N) is 1. The van der Waals surface area contributed by atoms with Crippen LogP contribution in [0.1, 0.15) is 38.5 Å². The summed E-state index contributed by atoms with van der Waals surface area (Å²) in [4.78, 5) is 14.4. The van der Waals surface area contributed by atoms with E-state index in [0.717, 1.165) is 32.3 Å². The number of piperidine rings is 1. The van der Waals surface area contributed by atoms with Crippen LogP contribution in [-0.4, -0.2) is 54.7 Å². The standard InChI is InChI=1S/C14H25N3O2/c15-10-6-11-3-4-12(7-10)17(11)9-14(18)16-8-13-2-1-5-19-13/h10-13H,1-9,15H2,(H,16,18). The molecule has 3 atom stereocenters. The topological polar surface area (TPSA) is 67.6 Å². The summed E-state index contributed by atoms with van der Waals surface area (Å²) in [5, 5.41) is 3.02. The Kier molecular flexibility index (Phi) is 4.05. The molecule has 0 radical (unpaired) electrons. The number of carbonyl (C=O) groups excluding carboxylic acids is 1. The molecule has 108 valence electrons. The zero-order valence-electron chi connectivity index (χ0n) is 11.5. The number of ether oxygens (including phenoxy) is 1. The minimum atomic E-state index is 0.142. The van der Waals surface area contributed by atoms with Crippen LogP contribution in [-0.2, 0) is 9.53 Å². The van der Waals surface area contributed by atoms with Crippen LogP contribution in [0.4, 0.5) is 0 Å². The largest absolute Gasteiger partial charge is 0.376 e. The van der Waals surface area contributed by atoms with E-state index < -0.39 is 0 Å². The number of fused-ring (bicyclic) bond motifs is 2. The molecule has 3 unspecified atom stereocenters. The van der Waals surface area contributed by atoms with Crippen LogP contribution >= 0.6 is 0 Å². The maximum absolute atomic E-state index is 12.0. The number of hydrogen-bond donors (Lipinski definition) is 2. The highest BCUT2D eigenvalue weighted by molar-refractivity contribution is 5.78. The lowest BCUT2D eigenvalue weighted by Crippen LogP contribution is -2.51. The van der Waals surface area contributed by atoms with E-state index in [1.165, 1.54) is 12.8 Å². The van der Waals surface area contributed by atoms with Gasteiger partial charge in [-0.1, -0.05) is 0 Å². The molecule has 0 saturated carbocycles. The minimum Gasteiger partial charge on any atom is -0.376 e. The Morgan fingerprint density at radius 1 is 1.26 bits per heavy atom. The van der Waals surface area contributed by atoms with E-state index in [9.17, 15) is 4.79 Å². The molecule has 3 saturated heterocycles. The first-order chi connectivity index (χ1) is 9.22. The molecular weight excluding hydrogens is 242 g/mol. The van der Waals surface area contributed by atoms with Crippen LogP contribution in [0.5, 0.6) is 0 Å². The third-order valence-corrected chi connectivity index (χ3v) is 4.80. The van der Waals surface area contributed by atoms with Gasteiger partial charge in [0.2, 0.25) is 5.91 Å². The van der Waals surface area contributed by atoms with E-state index in [1.807, 2.05) is 0 Å². The van der Waals surface area contributed by atoms with E-state index in [1.54, 1.807) is 0 Å². The fourth-order valence-corrected chi connectivity index (χ4v) is 3.83. The molecule has 0 aromatic carbocycles. The van der Waals surface area contributed by atoms with Gasteiger partial charge < -0.3 is 15.8 Å². The van der Waals surface area contributed by atoms with Crippen molar-refractivity contribution in [1.82, 2.24) is 10.2 Å². The third kappa shape index (κ3) is 3.09. The number of nitrogens with one attached hydrogen (secondary N) is 1. The molecule has 3 heterocycles. The van der Waals surface area contributed by atoms with E-state index in [4.69, 9.17) is 10.5 Å². The van der Waals surface area contributed by atoms with Crippen LogP contribution in [0.15, 0.2) is 0 Å². The van der Waals surface area contributed by atoms with Gasteiger partial charge in [0.25, 0.3) is 0 Å². The Balaban J connectivity index is 1.44. The molecule has 3 fully saturated rings. The molecule has 0 spiro atoms. The quantitative estimate of drug-likeness (QED) is 0.765. The average Bonchev–Trinajstić information content (AvgIpc) is 2.96. The predicted octanol–water partition coefficient (Wildman–Crippen LogP) is 0.236. The number of rotatable bonds is 4. The molecule has 3 aliphatic heterocycles. The molecule has 0 aromatic heterocycles. The zero-order valence-corrected chi connectivity index (χ0v) is 11.5. The Hall–Kier alpha value is -0.650. The van der Waals surface area contributed by atoms with Crippen LogP contribution in [0.25, 0.3) is 0 Å². The van der Waals surface area contributed by atoms with Crippen molar-refractivity contribution in [2.45, 2.75) is 62.8 Å². The highest BCUT2D eigenvalue weighted by Crippen LogP contribution is 2.34. The van der Waals surface area contributed by atoms with Crippen molar-refractivity contribution in [3.05, 3.63) is 0 Å². The zero-order chi connectivity index (χ0) is 13.2. The third-order valence-electron chi connectivity index (χ3n) is 4.80. The smallest absolute Gasteiger partial charge is 0.234 e. The number of nitrogens with two attached hydrogens (primary N) is 1. The number of amides is 1. The first-order valence-electron chi connectivity index (χ1n) is 7.62. The first-order valence-corrected chi connectivity index (χ1v) is 7.62. The van der Waals surface area contributed by atoms with Crippen molar-refractivity contribution < 1.29 is 9.53 Å². The summed E-state index contributed by atoms with van der Waals surface area (Å²) in [6, 6.07) is 1.40. The Bertz CT molecular complexity index is 317. The van der Waals surface area contributed by atoms with Crippen molar-refractivity contribution in [3.8, 4) is 0 Å². The highest BCUT2D eigenvalue weighted by Gasteiger charge is 2.40. The van der Waals surface area contributed by atoms with Crippen LogP contribution in [0.2, 0.25) is 0 Å². The Morgan fingerprint density at radius 3 is 2.63 bits per heavy atom. The molecule has 0 aromatic rings. The van der Waals surface area contributed by atoms with Gasteiger partial charge in [0.15, 0.2) is 0 Å². The summed E-state index contributed by atoms with van der Waals surface area (Å²) in [5.74, 6) is 0.142. The molecule has 5 heteroatoms. The van der Waals surface area contributed by atoms with E-state index in [-0.39, 0.29) is 12.0 Å². The molecule has 19 heavy (non-hydrogen) atoms. The second-order valence-corrected chi connectivity index (χ2v) is 6.23. The summed E-state index contributed by atoms with van der Waals surface area (Å²) in [6.07, 6.45) is 6.94. The van der Waals surface area contributed by atoms with Gasteiger partial charge in [0.1, 0.15) is 0 Å². The minimum absolute atomic E-state index is 0.142. The summed E-state index contributed by atoms with van der Waals surface area (Å²) in [6.45, 7) is 2.05. The molecule has 1 amide bonds. The van der Waals surface area contributed by atoms with Gasteiger partial charge >= 0.3 is 0 Å². The van der Waals surface area contributed by atoms with E-state index >= 15 is 0 Å². The van der Waals surface area contributed by atoms with E-state index in [0.29, 0.717) is 31.2 Å². The molecule has 2 bridgehead atoms. The fraction of sp³-hybridized carbons (Fsp3) is 0.929. The van der Waals surface area contributed by atoms with Gasteiger partial charge in [-0.05, 0) is 38.5 Å². The van der Waals surface area contributed by atoms with Crippen LogP contribution in [0, 0.1) is 0 Å². The molecular formula is C14H25N3O2. The second-order valence-electron chi connectivity index (χ2n) is 6.23. The lowest BCUT2D eigenvalue weighted by Gasteiger charge is -2.37. The number of carbonyl (C=O) groups is 1. The molecule has 3 rings (SSSR count). The van der Waals surface area contributed by atoms with Gasteiger partial charge in [-0.25, -0.2) is 0 Å². The molecule has 0 aliphatic carbocycles. The van der Waals surface area contributed by atoms with Crippen LogP contribution in [0.3, 0.4) is 0 Å². The first kappa shape index (κ1) is 13.3. The van der Waals surface area contributed by atoms with E-state index in [2.05, 4.69) is 10.2 Å². The lowest BCUT2D eigenvalue weighted by molar-refractivity contribution is -0.123.